The molecule has 0 unspecified atom stereocenters. The Labute approximate surface area is 167 Å². The zero-order chi connectivity index (χ0) is 21.4. The molecule has 9 heteroatoms. The minimum Gasteiger partial charge on any atom is -0.377 e. The van der Waals surface area contributed by atoms with Crippen LogP contribution in [0, 0.1) is 5.41 Å². The van der Waals surface area contributed by atoms with Gasteiger partial charge in [0.05, 0.1) is 24.5 Å². The molecule has 2 aromatic heterocycles. The maximum absolute atomic E-state index is 13.7. The standard InChI is InChI=1S/C20H25F3N4O2/c1-12-11-29-6-5-27(12)13-7-16(24-9-13)14-10-25-17(8-15(14)20(21,22)23)26-18(28)19(2,3)4/h7-10,12,24H,5-6,11H2,1-4H3,(H,25,26,28)/t12-/m0/s1. The number of halogens is 3. The topological polar surface area (TPSA) is 70.2 Å². The van der Waals surface area contributed by atoms with E-state index in [1.807, 2.05) is 6.92 Å². The Bertz CT molecular complexity index is 887. The van der Waals surface area contributed by atoms with E-state index in [9.17, 15) is 18.0 Å². The number of carbonyl (C=O) groups excluding carboxylic acids is 1. The highest BCUT2D eigenvalue weighted by Crippen LogP contribution is 2.38. The quantitative estimate of drug-likeness (QED) is 0.791. The summed E-state index contributed by atoms with van der Waals surface area (Å²) in [5.74, 6) is -0.538. The van der Waals surface area contributed by atoms with Crippen molar-refractivity contribution in [3.8, 4) is 11.3 Å². The number of rotatable bonds is 3. The summed E-state index contributed by atoms with van der Waals surface area (Å²) in [6.45, 7) is 8.83. The van der Waals surface area contributed by atoms with Gasteiger partial charge in [0.15, 0.2) is 0 Å². The summed E-state index contributed by atoms with van der Waals surface area (Å²) in [4.78, 5) is 21.2. The second-order valence-corrected chi connectivity index (χ2v) is 8.21. The number of carbonyl (C=O) groups is 1. The number of aromatic amines is 1. The average molecular weight is 410 g/mol. The first kappa shape index (κ1) is 21.2. The summed E-state index contributed by atoms with van der Waals surface area (Å²) >= 11 is 0. The number of pyridine rings is 1. The van der Waals surface area contributed by atoms with E-state index in [0.717, 1.165) is 18.0 Å². The van der Waals surface area contributed by atoms with Crippen molar-refractivity contribution in [2.24, 2.45) is 5.41 Å². The maximum Gasteiger partial charge on any atom is 0.417 e. The summed E-state index contributed by atoms with van der Waals surface area (Å²) < 4.78 is 46.6. The Hall–Kier alpha value is -2.55. The van der Waals surface area contributed by atoms with Crippen molar-refractivity contribution in [1.29, 1.82) is 0 Å². The van der Waals surface area contributed by atoms with E-state index >= 15 is 0 Å². The lowest BCUT2D eigenvalue weighted by atomic mass is 9.95. The molecule has 29 heavy (non-hydrogen) atoms. The fourth-order valence-corrected chi connectivity index (χ4v) is 3.09. The second kappa shape index (κ2) is 7.70. The van der Waals surface area contributed by atoms with Crippen LogP contribution in [-0.2, 0) is 15.7 Å². The molecule has 158 valence electrons. The Kier molecular flexibility index (Phi) is 5.62. The van der Waals surface area contributed by atoms with Crippen molar-refractivity contribution >= 4 is 17.4 Å². The molecule has 1 aliphatic rings. The highest BCUT2D eigenvalue weighted by Gasteiger charge is 2.35. The number of hydrogen-bond donors (Lipinski definition) is 2. The molecule has 0 radical (unpaired) electrons. The van der Waals surface area contributed by atoms with Gasteiger partial charge in [0.1, 0.15) is 5.82 Å². The molecule has 0 spiro atoms. The molecule has 0 aliphatic carbocycles. The summed E-state index contributed by atoms with van der Waals surface area (Å²) in [7, 11) is 0. The number of ether oxygens (including phenoxy) is 1. The van der Waals surface area contributed by atoms with E-state index < -0.39 is 23.1 Å². The first-order valence-electron chi connectivity index (χ1n) is 9.38. The monoisotopic (exact) mass is 410 g/mol. The van der Waals surface area contributed by atoms with Crippen LogP contribution in [0.5, 0.6) is 0 Å². The molecule has 1 saturated heterocycles. The summed E-state index contributed by atoms with van der Waals surface area (Å²) in [6.07, 6.45) is -1.77. The van der Waals surface area contributed by atoms with Gasteiger partial charge in [-0.1, -0.05) is 20.8 Å². The SMILES string of the molecule is C[C@H]1COCCN1c1c[nH]c(-c2cnc(NC(=O)C(C)(C)C)cc2C(F)(F)F)c1. The molecule has 0 bridgehead atoms. The summed E-state index contributed by atoms with van der Waals surface area (Å²) in [5.41, 5.74) is -0.568. The van der Waals surface area contributed by atoms with Gasteiger partial charge in [0.2, 0.25) is 5.91 Å². The maximum atomic E-state index is 13.7. The minimum absolute atomic E-state index is 0.0709. The second-order valence-electron chi connectivity index (χ2n) is 8.21. The summed E-state index contributed by atoms with van der Waals surface area (Å²) in [5, 5.41) is 2.45. The number of aromatic nitrogens is 2. The van der Waals surface area contributed by atoms with Crippen LogP contribution >= 0.6 is 0 Å². The lowest BCUT2D eigenvalue weighted by molar-refractivity contribution is -0.137. The van der Waals surface area contributed by atoms with Gasteiger partial charge in [-0.15, -0.1) is 0 Å². The molecule has 1 fully saturated rings. The number of alkyl halides is 3. The third-order valence-corrected chi connectivity index (χ3v) is 4.79. The molecule has 3 heterocycles. The Balaban J connectivity index is 1.94. The number of amides is 1. The van der Waals surface area contributed by atoms with Gasteiger partial charge in [-0.2, -0.15) is 13.2 Å². The molecular weight excluding hydrogens is 385 g/mol. The lowest BCUT2D eigenvalue weighted by Gasteiger charge is -2.34. The summed E-state index contributed by atoms with van der Waals surface area (Å²) in [6, 6.07) is 2.68. The van der Waals surface area contributed by atoms with Crippen molar-refractivity contribution in [3.05, 3.63) is 30.1 Å². The number of morpholine rings is 1. The largest absolute Gasteiger partial charge is 0.417 e. The van der Waals surface area contributed by atoms with E-state index in [0.29, 0.717) is 25.5 Å². The van der Waals surface area contributed by atoms with Crippen LogP contribution in [0.25, 0.3) is 11.3 Å². The molecule has 6 nitrogen and oxygen atoms in total. The number of hydrogen-bond acceptors (Lipinski definition) is 4. The highest BCUT2D eigenvalue weighted by atomic mass is 19.4. The molecule has 0 aromatic carbocycles. The van der Waals surface area contributed by atoms with Crippen molar-refractivity contribution in [3.63, 3.8) is 0 Å². The number of nitrogens with zero attached hydrogens (tertiary/aromatic N) is 2. The molecule has 2 N–H and O–H groups in total. The normalized spacial score (nSPS) is 18.0. The fraction of sp³-hybridized carbons (Fsp3) is 0.500. The third-order valence-electron chi connectivity index (χ3n) is 4.79. The average Bonchev–Trinajstić information content (AvgIpc) is 3.10. The van der Waals surface area contributed by atoms with E-state index in [-0.39, 0.29) is 17.4 Å². The Morgan fingerprint density at radius 3 is 2.66 bits per heavy atom. The zero-order valence-corrected chi connectivity index (χ0v) is 16.9. The van der Waals surface area contributed by atoms with Crippen LogP contribution in [0.1, 0.15) is 33.3 Å². The number of nitrogens with one attached hydrogen (secondary N) is 2. The smallest absolute Gasteiger partial charge is 0.377 e. The van der Waals surface area contributed by atoms with Gasteiger partial charge < -0.3 is 19.9 Å². The highest BCUT2D eigenvalue weighted by molar-refractivity contribution is 5.94. The van der Waals surface area contributed by atoms with Gasteiger partial charge in [-0.05, 0) is 19.1 Å². The first-order chi connectivity index (χ1) is 13.5. The van der Waals surface area contributed by atoms with Gasteiger partial charge in [0, 0.05) is 41.7 Å². The van der Waals surface area contributed by atoms with Crippen molar-refractivity contribution in [1.82, 2.24) is 9.97 Å². The predicted octanol–water partition coefficient (Wildman–Crippen LogP) is 4.31. The molecular formula is C20H25F3N4O2. The van der Waals surface area contributed by atoms with Crippen LogP contribution in [0.15, 0.2) is 24.5 Å². The van der Waals surface area contributed by atoms with Gasteiger partial charge in [0.25, 0.3) is 0 Å². The van der Waals surface area contributed by atoms with Crippen LogP contribution in [-0.4, -0.2) is 41.7 Å². The van der Waals surface area contributed by atoms with Crippen molar-refractivity contribution < 1.29 is 22.7 Å². The van der Waals surface area contributed by atoms with Crippen molar-refractivity contribution in [2.75, 3.05) is 30.0 Å². The number of anilines is 2. The molecule has 1 atom stereocenters. The predicted molar refractivity (Wildman–Crippen MR) is 105 cm³/mol. The zero-order valence-electron chi connectivity index (χ0n) is 16.9. The number of H-pyrrole nitrogens is 1. The minimum atomic E-state index is -4.60. The van der Waals surface area contributed by atoms with Crippen LogP contribution in [0.3, 0.4) is 0 Å². The molecule has 1 amide bonds. The van der Waals surface area contributed by atoms with Crippen LogP contribution in [0.4, 0.5) is 24.7 Å². The third kappa shape index (κ3) is 4.72. The van der Waals surface area contributed by atoms with E-state index in [1.165, 1.54) is 0 Å². The van der Waals surface area contributed by atoms with Crippen molar-refractivity contribution in [2.45, 2.75) is 39.9 Å². The molecule has 0 saturated carbocycles. The molecule has 1 aliphatic heterocycles. The van der Waals surface area contributed by atoms with E-state index in [4.69, 9.17) is 4.74 Å². The Morgan fingerprint density at radius 1 is 1.31 bits per heavy atom. The van der Waals surface area contributed by atoms with Gasteiger partial charge in [-0.25, -0.2) is 4.98 Å². The lowest BCUT2D eigenvalue weighted by Crippen LogP contribution is -2.43. The first-order valence-corrected chi connectivity index (χ1v) is 9.38. The molecule has 2 aromatic rings. The van der Waals surface area contributed by atoms with E-state index in [1.54, 1.807) is 33.0 Å². The van der Waals surface area contributed by atoms with Gasteiger partial charge >= 0.3 is 6.18 Å². The van der Waals surface area contributed by atoms with Gasteiger partial charge in [-0.3, -0.25) is 4.79 Å². The van der Waals surface area contributed by atoms with E-state index in [2.05, 4.69) is 20.2 Å². The molecule has 3 rings (SSSR count). The van der Waals surface area contributed by atoms with Crippen LogP contribution < -0.4 is 10.2 Å². The Morgan fingerprint density at radius 2 is 2.03 bits per heavy atom. The van der Waals surface area contributed by atoms with Crippen LogP contribution in [0.2, 0.25) is 0 Å². The fourth-order valence-electron chi connectivity index (χ4n) is 3.09.